The number of isocyanates is 1. The van der Waals surface area contributed by atoms with Gasteiger partial charge < -0.3 is 9.47 Å². The number of rotatable bonds is 5. The molecule has 0 unspecified atom stereocenters. The van der Waals surface area contributed by atoms with E-state index >= 15 is 0 Å². The second kappa shape index (κ2) is 6.25. The van der Waals surface area contributed by atoms with Gasteiger partial charge in [-0.2, -0.15) is 4.99 Å². The minimum absolute atomic E-state index is 0.134. The van der Waals surface area contributed by atoms with Crippen LogP contribution >= 0.6 is 0 Å². The number of nitrogens with zero attached hydrogens (tertiary/aromatic N) is 1. The summed E-state index contributed by atoms with van der Waals surface area (Å²) in [5.41, 5.74) is 0.622. The minimum Gasteiger partial charge on any atom is -0.494 e. The average molecular weight is 233 g/mol. The van der Waals surface area contributed by atoms with Crippen molar-refractivity contribution in [2.24, 2.45) is 4.99 Å². The molecule has 0 aromatic heterocycles. The zero-order chi connectivity index (χ0) is 12.7. The van der Waals surface area contributed by atoms with E-state index in [-0.39, 0.29) is 6.61 Å². The fourth-order valence-corrected chi connectivity index (χ4v) is 1.16. The number of carbonyl (C=O) groups excluding carboxylic acids is 2. The van der Waals surface area contributed by atoms with Crippen molar-refractivity contribution in [1.82, 2.24) is 0 Å². The molecule has 1 aromatic rings. The zero-order valence-electron chi connectivity index (χ0n) is 9.30. The van der Waals surface area contributed by atoms with Gasteiger partial charge in [0.25, 0.3) is 0 Å². The first kappa shape index (κ1) is 12.7. The summed E-state index contributed by atoms with van der Waals surface area (Å²) in [4.78, 5) is 25.1. The molecule has 0 aliphatic heterocycles. The summed E-state index contributed by atoms with van der Waals surface area (Å²) in [7, 11) is 1.41. The van der Waals surface area contributed by atoms with Crippen LogP contribution in [0, 0.1) is 0 Å². The van der Waals surface area contributed by atoms with Crippen LogP contribution in [0.4, 0.5) is 5.69 Å². The van der Waals surface area contributed by atoms with Crippen molar-refractivity contribution in [3.05, 3.63) is 36.4 Å². The van der Waals surface area contributed by atoms with E-state index in [0.717, 1.165) is 0 Å². The average Bonchev–Trinajstić information content (AvgIpc) is 2.36. The van der Waals surface area contributed by atoms with Crippen LogP contribution in [-0.2, 0) is 9.53 Å². The lowest BCUT2D eigenvalue weighted by Gasteiger charge is -2.06. The molecule has 88 valence electrons. The zero-order valence-corrected chi connectivity index (χ0v) is 9.30. The molecule has 0 aliphatic carbocycles. The molecular weight excluding hydrogens is 222 g/mol. The van der Waals surface area contributed by atoms with Gasteiger partial charge in [0.15, 0.2) is 0 Å². The highest BCUT2D eigenvalue weighted by molar-refractivity contribution is 5.90. The Labute approximate surface area is 98.4 Å². The van der Waals surface area contributed by atoms with Crippen molar-refractivity contribution in [3.63, 3.8) is 0 Å². The lowest BCUT2D eigenvalue weighted by atomic mass is 10.2. The molecule has 5 nitrogen and oxygen atoms in total. The lowest BCUT2D eigenvalue weighted by molar-refractivity contribution is 0.0549. The van der Waals surface area contributed by atoms with Crippen molar-refractivity contribution >= 4 is 17.7 Å². The fourth-order valence-electron chi connectivity index (χ4n) is 1.16. The lowest BCUT2D eigenvalue weighted by Crippen LogP contribution is -2.05. The summed E-state index contributed by atoms with van der Waals surface area (Å²) in [5, 5.41) is 0. The Morgan fingerprint density at radius 3 is 2.94 bits per heavy atom. The number of esters is 1. The van der Waals surface area contributed by atoms with Crippen molar-refractivity contribution in [3.8, 4) is 5.75 Å². The highest BCUT2D eigenvalue weighted by Gasteiger charge is 2.10. The summed E-state index contributed by atoms with van der Waals surface area (Å²) in [6.45, 7) is 3.57. The van der Waals surface area contributed by atoms with E-state index in [9.17, 15) is 9.59 Å². The Bertz CT molecular complexity index is 475. The third kappa shape index (κ3) is 3.29. The van der Waals surface area contributed by atoms with E-state index in [4.69, 9.17) is 9.47 Å². The predicted molar refractivity (Wildman–Crippen MR) is 61.3 cm³/mol. The van der Waals surface area contributed by atoms with Crippen LogP contribution in [0.3, 0.4) is 0 Å². The summed E-state index contributed by atoms with van der Waals surface area (Å²) >= 11 is 0. The van der Waals surface area contributed by atoms with Gasteiger partial charge >= 0.3 is 5.97 Å². The van der Waals surface area contributed by atoms with Gasteiger partial charge in [0.05, 0.1) is 12.7 Å². The maximum Gasteiger partial charge on any atom is 0.338 e. The largest absolute Gasteiger partial charge is 0.494 e. The highest BCUT2D eigenvalue weighted by atomic mass is 16.5. The van der Waals surface area contributed by atoms with Gasteiger partial charge in [0, 0.05) is 0 Å². The summed E-state index contributed by atoms with van der Waals surface area (Å²) in [5.74, 6) is -0.189. The molecule has 1 rings (SSSR count). The molecule has 0 spiro atoms. The Morgan fingerprint density at radius 2 is 2.35 bits per heavy atom. The van der Waals surface area contributed by atoms with Crippen molar-refractivity contribution in [1.29, 1.82) is 0 Å². The first-order valence-electron chi connectivity index (χ1n) is 4.77. The van der Waals surface area contributed by atoms with Crippen LogP contribution < -0.4 is 4.74 Å². The van der Waals surface area contributed by atoms with E-state index < -0.39 is 5.97 Å². The molecule has 1 aromatic carbocycles. The maximum absolute atomic E-state index is 11.5. The van der Waals surface area contributed by atoms with Gasteiger partial charge in [0.1, 0.15) is 18.0 Å². The SMILES string of the molecule is C=CCOC(=O)c1ccc(N=C=O)c(OC)c1. The topological polar surface area (TPSA) is 65.0 Å². The van der Waals surface area contributed by atoms with Crippen LogP contribution in [0.25, 0.3) is 0 Å². The second-order valence-electron chi connectivity index (χ2n) is 2.98. The van der Waals surface area contributed by atoms with Crippen molar-refractivity contribution in [2.45, 2.75) is 0 Å². The number of ether oxygens (including phenoxy) is 2. The highest BCUT2D eigenvalue weighted by Crippen LogP contribution is 2.28. The normalized spacial score (nSPS) is 9.00. The van der Waals surface area contributed by atoms with Crippen LogP contribution in [-0.4, -0.2) is 25.8 Å². The first-order chi connectivity index (χ1) is 8.22. The summed E-state index contributed by atoms with van der Waals surface area (Å²) in [6.07, 6.45) is 2.88. The molecule has 0 saturated heterocycles. The quantitative estimate of drug-likeness (QED) is 0.337. The van der Waals surface area contributed by atoms with E-state index in [1.165, 1.54) is 37.5 Å². The van der Waals surface area contributed by atoms with Gasteiger partial charge in [-0.1, -0.05) is 12.7 Å². The number of carbonyl (C=O) groups is 1. The molecular formula is C12H11NO4. The molecule has 17 heavy (non-hydrogen) atoms. The first-order valence-corrected chi connectivity index (χ1v) is 4.77. The number of benzene rings is 1. The van der Waals surface area contributed by atoms with Crippen LogP contribution in [0.1, 0.15) is 10.4 Å². The minimum atomic E-state index is -0.496. The van der Waals surface area contributed by atoms with Gasteiger partial charge in [-0.3, -0.25) is 0 Å². The molecule has 0 bridgehead atoms. The van der Waals surface area contributed by atoms with E-state index in [0.29, 0.717) is 17.0 Å². The van der Waals surface area contributed by atoms with Crippen molar-refractivity contribution < 1.29 is 19.1 Å². The van der Waals surface area contributed by atoms with Gasteiger partial charge in [-0.05, 0) is 18.2 Å². The third-order valence-corrected chi connectivity index (χ3v) is 1.91. The molecule has 0 aliphatic rings. The van der Waals surface area contributed by atoms with E-state index in [1.54, 1.807) is 0 Å². The van der Waals surface area contributed by atoms with E-state index in [1.807, 2.05) is 0 Å². The summed E-state index contributed by atoms with van der Waals surface area (Å²) in [6, 6.07) is 4.42. The predicted octanol–water partition coefficient (Wildman–Crippen LogP) is 2.01. The Kier molecular flexibility index (Phi) is 4.66. The molecule has 0 N–H and O–H groups in total. The molecule has 0 amide bonds. The van der Waals surface area contributed by atoms with E-state index in [2.05, 4.69) is 11.6 Å². The molecule has 0 saturated carbocycles. The van der Waals surface area contributed by atoms with Crippen LogP contribution in [0.2, 0.25) is 0 Å². The fraction of sp³-hybridized carbons (Fsp3) is 0.167. The molecule has 0 heterocycles. The van der Waals surface area contributed by atoms with Gasteiger partial charge in [-0.15, -0.1) is 0 Å². The smallest absolute Gasteiger partial charge is 0.338 e. The van der Waals surface area contributed by atoms with Gasteiger partial charge in [0.2, 0.25) is 6.08 Å². The molecule has 0 atom stereocenters. The van der Waals surface area contributed by atoms with Gasteiger partial charge in [-0.25, -0.2) is 9.59 Å². The Balaban J connectivity index is 3.00. The Morgan fingerprint density at radius 1 is 1.59 bits per heavy atom. The molecule has 5 heteroatoms. The Hall–Kier alpha value is -2.39. The number of hydrogen-bond acceptors (Lipinski definition) is 5. The van der Waals surface area contributed by atoms with Crippen molar-refractivity contribution in [2.75, 3.05) is 13.7 Å². The standard InChI is InChI=1S/C12H11NO4/c1-3-6-17-12(15)9-4-5-10(13-8-14)11(7-9)16-2/h3-5,7H,1,6H2,2H3. The number of hydrogen-bond donors (Lipinski definition) is 0. The number of aliphatic imine (C=N–C) groups is 1. The maximum atomic E-state index is 11.5. The second-order valence-corrected chi connectivity index (χ2v) is 2.98. The van der Waals surface area contributed by atoms with Crippen LogP contribution in [0.15, 0.2) is 35.8 Å². The molecule has 0 fully saturated rings. The van der Waals surface area contributed by atoms with Crippen LogP contribution in [0.5, 0.6) is 5.75 Å². The molecule has 0 radical (unpaired) electrons. The number of methoxy groups -OCH3 is 1. The third-order valence-electron chi connectivity index (χ3n) is 1.91. The summed E-state index contributed by atoms with van der Waals surface area (Å²) < 4.78 is 9.85. The monoisotopic (exact) mass is 233 g/mol.